The van der Waals surface area contributed by atoms with Crippen LogP contribution < -0.4 is 5.73 Å². The summed E-state index contributed by atoms with van der Waals surface area (Å²) in [5.41, 5.74) is 10.4. The summed E-state index contributed by atoms with van der Waals surface area (Å²) >= 11 is 6.44. The summed E-state index contributed by atoms with van der Waals surface area (Å²) in [6.07, 6.45) is 1.39. The van der Waals surface area contributed by atoms with Crippen molar-refractivity contribution in [3.63, 3.8) is 0 Å². The van der Waals surface area contributed by atoms with Gasteiger partial charge in [-0.1, -0.05) is 18.5 Å². The van der Waals surface area contributed by atoms with Crippen LogP contribution in [0, 0.1) is 11.3 Å². The largest absolute Gasteiger partial charge is 0.383 e. The molecular formula is C15H16ClN5O. The number of rotatable bonds is 2. The Morgan fingerprint density at radius 2 is 2.23 bits per heavy atom. The third-order valence-corrected chi connectivity index (χ3v) is 4.32. The van der Waals surface area contributed by atoms with E-state index in [-0.39, 0.29) is 5.82 Å². The van der Waals surface area contributed by atoms with Crippen molar-refractivity contribution in [2.45, 2.75) is 26.4 Å². The molecule has 0 atom stereocenters. The molecule has 0 fully saturated rings. The maximum atomic E-state index is 9.54. The molecule has 2 aromatic heterocycles. The number of nitrogen functional groups attached to an aromatic ring is 1. The van der Waals surface area contributed by atoms with Gasteiger partial charge in [-0.15, -0.1) is 0 Å². The molecule has 0 spiro atoms. The standard InChI is InChI=1S/C15H16ClN5O/c1-3-10-13(14(16)21(2)20-10)12-8(6-17)15(18)19-11-4-5-22-7-9(11)12/h3-5,7H2,1-2H3,(H2,18,19). The van der Waals surface area contributed by atoms with Crippen LogP contribution in [0.25, 0.3) is 11.1 Å². The molecule has 3 rings (SSSR count). The Balaban J connectivity index is 2.40. The molecule has 0 aromatic carbocycles. The Hall–Kier alpha value is -2.10. The van der Waals surface area contributed by atoms with Crippen LogP contribution in [0.1, 0.15) is 29.4 Å². The SMILES string of the molecule is CCc1nn(C)c(Cl)c1-c1c(C#N)c(N)nc2c1COCC2. The van der Waals surface area contributed by atoms with Gasteiger partial charge >= 0.3 is 0 Å². The van der Waals surface area contributed by atoms with E-state index < -0.39 is 0 Å². The lowest BCUT2D eigenvalue weighted by Gasteiger charge is -2.21. The maximum Gasteiger partial charge on any atom is 0.142 e. The topological polar surface area (TPSA) is 89.8 Å². The molecule has 6 nitrogen and oxygen atoms in total. The molecule has 2 aromatic rings. The fraction of sp³-hybridized carbons (Fsp3) is 0.400. The molecule has 2 N–H and O–H groups in total. The second-order valence-corrected chi connectivity index (χ2v) is 5.53. The second-order valence-electron chi connectivity index (χ2n) is 5.18. The highest BCUT2D eigenvalue weighted by Crippen LogP contribution is 2.39. The maximum absolute atomic E-state index is 9.54. The van der Waals surface area contributed by atoms with Crippen molar-refractivity contribution in [1.82, 2.24) is 14.8 Å². The minimum Gasteiger partial charge on any atom is -0.383 e. The molecule has 0 unspecified atom stereocenters. The fourth-order valence-corrected chi connectivity index (χ4v) is 3.08. The quantitative estimate of drug-likeness (QED) is 0.917. The molecule has 0 saturated heterocycles. The number of ether oxygens (including phenoxy) is 1. The zero-order valence-corrected chi connectivity index (χ0v) is 13.2. The van der Waals surface area contributed by atoms with Crippen LogP contribution >= 0.6 is 11.6 Å². The summed E-state index contributed by atoms with van der Waals surface area (Å²) < 4.78 is 7.17. The van der Waals surface area contributed by atoms with Crippen molar-refractivity contribution >= 4 is 17.4 Å². The van der Waals surface area contributed by atoms with Gasteiger partial charge in [0.2, 0.25) is 0 Å². The van der Waals surface area contributed by atoms with Crippen molar-refractivity contribution < 1.29 is 4.74 Å². The van der Waals surface area contributed by atoms with Crippen molar-refractivity contribution in [2.24, 2.45) is 7.05 Å². The number of anilines is 1. The van der Waals surface area contributed by atoms with E-state index in [9.17, 15) is 5.26 Å². The van der Waals surface area contributed by atoms with Gasteiger partial charge in [-0.2, -0.15) is 10.4 Å². The average molecular weight is 318 g/mol. The zero-order chi connectivity index (χ0) is 15.9. The number of nitrogens with two attached hydrogens (primary N) is 1. The van der Waals surface area contributed by atoms with Crippen LogP contribution in [0.5, 0.6) is 0 Å². The Labute approximate surface area is 133 Å². The van der Waals surface area contributed by atoms with Crippen LogP contribution in [0.15, 0.2) is 0 Å². The molecule has 0 aliphatic carbocycles. The molecule has 1 aliphatic heterocycles. The molecule has 1 aliphatic rings. The first-order chi connectivity index (χ1) is 10.6. The Bertz CT molecular complexity index is 790. The first-order valence-electron chi connectivity index (χ1n) is 7.09. The summed E-state index contributed by atoms with van der Waals surface area (Å²) in [5.74, 6) is 0.236. The van der Waals surface area contributed by atoms with Gasteiger partial charge in [0.05, 0.1) is 24.6 Å². The number of nitrogens with zero attached hydrogens (tertiary/aromatic N) is 4. The average Bonchev–Trinajstić information content (AvgIpc) is 2.80. The van der Waals surface area contributed by atoms with Crippen LogP contribution in [0.2, 0.25) is 5.15 Å². The molecule has 0 saturated carbocycles. The van der Waals surface area contributed by atoms with Crippen molar-refractivity contribution in [3.8, 4) is 17.2 Å². The molecular weight excluding hydrogens is 302 g/mol. The number of halogens is 1. The van der Waals surface area contributed by atoms with Gasteiger partial charge in [0.1, 0.15) is 22.6 Å². The fourth-order valence-electron chi connectivity index (χ4n) is 2.84. The van der Waals surface area contributed by atoms with E-state index in [0.29, 0.717) is 36.8 Å². The molecule has 3 heterocycles. The number of aromatic nitrogens is 3. The van der Waals surface area contributed by atoms with Gasteiger partial charge in [0, 0.05) is 30.2 Å². The van der Waals surface area contributed by atoms with Crippen molar-refractivity contribution in [1.29, 1.82) is 5.26 Å². The zero-order valence-electron chi connectivity index (χ0n) is 12.5. The first kappa shape index (κ1) is 14.8. The predicted octanol–water partition coefficient (Wildman–Crippen LogP) is 2.22. The lowest BCUT2D eigenvalue weighted by Crippen LogP contribution is -2.16. The number of nitriles is 1. The smallest absolute Gasteiger partial charge is 0.142 e. The number of hydrogen-bond acceptors (Lipinski definition) is 5. The van der Waals surface area contributed by atoms with Gasteiger partial charge < -0.3 is 10.5 Å². The summed E-state index contributed by atoms with van der Waals surface area (Å²) in [4.78, 5) is 4.37. The third-order valence-electron chi connectivity index (χ3n) is 3.89. The highest BCUT2D eigenvalue weighted by molar-refractivity contribution is 6.32. The summed E-state index contributed by atoms with van der Waals surface area (Å²) in [6.45, 7) is 3.01. The molecule has 22 heavy (non-hydrogen) atoms. The minimum atomic E-state index is 0.236. The van der Waals surface area contributed by atoms with Gasteiger partial charge in [-0.25, -0.2) is 4.98 Å². The lowest BCUT2D eigenvalue weighted by atomic mass is 9.92. The van der Waals surface area contributed by atoms with Crippen molar-refractivity contribution in [2.75, 3.05) is 12.3 Å². The van der Waals surface area contributed by atoms with Crippen LogP contribution in [0.3, 0.4) is 0 Å². The molecule has 0 amide bonds. The van der Waals surface area contributed by atoms with Crippen molar-refractivity contribution in [3.05, 3.63) is 27.7 Å². The van der Waals surface area contributed by atoms with Gasteiger partial charge in [0.25, 0.3) is 0 Å². The van der Waals surface area contributed by atoms with E-state index in [0.717, 1.165) is 28.1 Å². The van der Waals surface area contributed by atoms with Crippen LogP contribution in [-0.4, -0.2) is 21.4 Å². The normalized spacial score (nSPS) is 13.7. The molecule has 114 valence electrons. The molecule has 0 bridgehead atoms. The number of pyridine rings is 1. The van der Waals surface area contributed by atoms with E-state index in [2.05, 4.69) is 16.2 Å². The highest BCUT2D eigenvalue weighted by Gasteiger charge is 2.27. The second kappa shape index (κ2) is 5.59. The Morgan fingerprint density at radius 1 is 1.45 bits per heavy atom. The molecule has 0 radical (unpaired) electrons. The number of fused-ring (bicyclic) bond motifs is 1. The van der Waals surface area contributed by atoms with Crippen LogP contribution in [-0.2, 0) is 31.2 Å². The Morgan fingerprint density at radius 3 is 2.91 bits per heavy atom. The summed E-state index contributed by atoms with van der Waals surface area (Å²) in [6, 6.07) is 2.16. The van der Waals surface area contributed by atoms with E-state index in [1.54, 1.807) is 11.7 Å². The summed E-state index contributed by atoms with van der Waals surface area (Å²) in [7, 11) is 1.78. The third kappa shape index (κ3) is 2.14. The van der Waals surface area contributed by atoms with E-state index in [1.165, 1.54) is 0 Å². The summed E-state index contributed by atoms with van der Waals surface area (Å²) in [5, 5.41) is 14.5. The number of hydrogen-bond donors (Lipinski definition) is 1. The van der Waals surface area contributed by atoms with E-state index >= 15 is 0 Å². The molecule has 7 heteroatoms. The first-order valence-corrected chi connectivity index (χ1v) is 7.47. The number of aryl methyl sites for hydroxylation is 2. The van der Waals surface area contributed by atoms with E-state index in [1.807, 2.05) is 6.92 Å². The monoisotopic (exact) mass is 317 g/mol. The Kier molecular flexibility index (Phi) is 3.77. The minimum absolute atomic E-state index is 0.236. The predicted molar refractivity (Wildman–Crippen MR) is 83.3 cm³/mol. The van der Waals surface area contributed by atoms with Gasteiger partial charge in [-0.05, 0) is 6.42 Å². The highest BCUT2D eigenvalue weighted by atomic mass is 35.5. The lowest BCUT2D eigenvalue weighted by molar-refractivity contribution is 0.109. The van der Waals surface area contributed by atoms with Gasteiger partial charge in [0.15, 0.2) is 0 Å². The van der Waals surface area contributed by atoms with E-state index in [4.69, 9.17) is 22.1 Å². The van der Waals surface area contributed by atoms with Crippen LogP contribution in [0.4, 0.5) is 5.82 Å². The van der Waals surface area contributed by atoms with Gasteiger partial charge in [-0.3, -0.25) is 4.68 Å².